The molecule has 0 fully saturated rings. The molecule has 0 bridgehead atoms. The number of rotatable bonds is 5. The van der Waals surface area contributed by atoms with Crippen molar-refractivity contribution in [1.29, 1.82) is 0 Å². The average molecular weight is 259 g/mol. The van der Waals surface area contributed by atoms with E-state index in [4.69, 9.17) is 0 Å². The van der Waals surface area contributed by atoms with Gasteiger partial charge >= 0.3 is 0 Å². The van der Waals surface area contributed by atoms with Crippen LogP contribution in [0.2, 0.25) is 0 Å². The quantitative estimate of drug-likeness (QED) is 0.879. The van der Waals surface area contributed by atoms with E-state index in [1.165, 1.54) is 11.1 Å². The average Bonchev–Trinajstić information content (AvgIpc) is 2.82. The zero-order valence-electron chi connectivity index (χ0n) is 10.5. The minimum atomic E-state index is 0.0934. The Morgan fingerprint density at radius 2 is 2.17 bits per heavy atom. The molecule has 1 N–H and O–H groups in total. The van der Waals surface area contributed by atoms with Gasteiger partial charge in [0.25, 0.3) is 0 Å². The van der Waals surface area contributed by atoms with Crippen molar-refractivity contribution < 1.29 is 4.79 Å². The molecule has 0 spiro atoms. The summed E-state index contributed by atoms with van der Waals surface area (Å²) in [5.41, 5.74) is 3.55. The highest BCUT2D eigenvalue weighted by Crippen LogP contribution is 2.06. The van der Waals surface area contributed by atoms with Gasteiger partial charge < -0.3 is 5.32 Å². The van der Waals surface area contributed by atoms with E-state index in [9.17, 15) is 4.79 Å². The van der Waals surface area contributed by atoms with Crippen molar-refractivity contribution in [3.8, 4) is 0 Å². The van der Waals surface area contributed by atoms with Gasteiger partial charge in [0.15, 0.2) is 0 Å². The van der Waals surface area contributed by atoms with E-state index in [2.05, 4.69) is 28.2 Å². The third-order valence-corrected chi connectivity index (χ3v) is 3.50. The third kappa shape index (κ3) is 4.00. The lowest BCUT2D eigenvalue weighted by Crippen LogP contribution is -2.27. The SMILES string of the molecule is Cc1cccc(CC(=O)NCCc2ccsc2)c1. The van der Waals surface area contributed by atoms with Crippen molar-refractivity contribution in [3.63, 3.8) is 0 Å². The molecule has 2 nitrogen and oxygen atoms in total. The van der Waals surface area contributed by atoms with Gasteiger partial charge in [0.05, 0.1) is 6.42 Å². The summed E-state index contributed by atoms with van der Waals surface area (Å²) < 4.78 is 0. The van der Waals surface area contributed by atoms with E-state index in [0.717, 1.165) is 12.0 Å². The fourth-order valence-corrected chi connectivity index (χ4v) is 2.55. The van der Waals surface area contributed by atoms with Crippen molar-refractivity contribution in [1.82, 2.24) is 5.32 Å². The van der Waals surface area contributed by atoms with Crippen LogP contribution < -0.4 is 5.32 Å². The molecular weight excluding hydrogens is 242 g/mol. The van der Waals surface area contributed by atoms with Gasteiger partial charge in [0, 0.05) is 6.54 Å². The normalized spacial score (nSPS) is 10.3. The Labute approximate surface area is 112 Å². The zero-order chi connectivity index (χ0) is 12.8. The molecule has 2 aromatic rings. The first-order valence-corrected chi connectivity index (χ1v) is 7.01. The second kappa shape index (κ2) is 6.36. The largest absolute Gasteiger partial charge is 0.355 e. The lowest BCUT2D eigenvalue weighted by Gasteiger charge is -2.05. The molecular formula is C15H17NOS. The van der Waals surface area contributed by atoms with Crippen LogP contribution in [0.15, 0.2) is 41.1 Å². The number of nitrogens with one attached hydrogen (secondary N) is 1. The van der Waals surface area contributed by atoms with E-state index in [0.29, 0.717) is 13.0 Å². The number of carbonyl (C=O) groups excluding carboxylic acids is 1. The molecule has 1 heterocycles. The Morgan fingerprint density at radius 1 is 1.28 bits per heavy atom. The fourth-order valence-electron chi connectivity index (χ4n) is 1.85. The van der Waals surface area contributed by atoms with E-state index >= 15 is 0 Å². The number of hydrogen-bond donors (Lipinski definition) is 1. The Kier molecular flexibility index (Phi) is 4.53. The van der Waals surface area contributed by atoms with Crippen molar-refractivity contribution >= 4 is 17.2 Å². The maximum absolute atomic E-state index is 11.7. The molecule has 1 aromatic heterocycles. The first-order valence-electron chi connectivity index (χ1n) is 6.07. The van der Waals surface area contributed by atoms with E-state index in [1.54, 1.807) is 11.3 Å². The highest BCUT2D eigenvalue weighted by atomic mass is 32.1. The van der Waals surface area contributed by atoms with Crippen LogP contribution in [0.1, 0.15) is 16.7 Å². The summed E-state index contributed by atoms with van der Waals surface area (Å²) in [7, 11) is 0. The zero-order valence-corrected chi connectivity index (χ0v) is 11.3. The summed E-state index contributed by atoms with van der Waals surface area (Å²) in [6, 6.07) is 10.2. The van der Waals surface area contributed by atoms with Crippen LogP contribution in [-0.4, -0.2) is 12.5 Å². The van der Waals surface area contributed by atoms with Gasteiger partial charge in [0.2, 0.25) is 5.91 Å². The third-order valence-electron chi connectivity index (χ3n) is 2.76. The smallest absolute Gasteiger partial charge is 0.224 e. The number of aryl methyl sites for hydroxylation is 1. The van der Waals surface area contributed by atoms with Gasteiger partial charge in [-0.2, -0.15) is 11.3 Å². The maximum atomic E-state index is 11.7. The molecule has 0 atom stereocenters. The Morgan fingerprint density at radius 3 is 2.89 bits per heavy atom. The second-order valence-corrected chi connectivity index (χ2v) is 5.18. The van der Waals surface area contributed by atoms with Gasteiger partial charge in [-0.25, -0.2) is 0 Å². The van der Waals surface area contributed by atoms with Gasteiger partial charge in [-0.1, -0.05) is 29.8 Å². The summed E-state index contributed by atoms with van der Waals surface area (Å²) >= 11 is 1.69. The molecule has 0 saturated carbocycles. The van der Waals surface area contributed by atoms with Gasteiger partial charge in [-0.05, 0) is 41.3 Å². The molecule has 0 aliphatic rings. The standard InChI is InChI=1S/C15H17NOS/c1-12-3-2-4-14(9-12)10-15(17)16-7-5-13-6-8-18-11-13/h2-4,6,8-9,11H,5,7,10H2,1H3,(H,16,17). The van der Waals surface area contributed by atoms with Crippen LogP contribution in [0.4, 0.5) is 0 Å². The van der Waals surface area contributed by atoms with Crippen LogP contribution in [-0.2, 0) is 17.6 Å². The van der Waals surface area contributed by atoms with E-state index in [1.807, 2.05) is 25.1 Å². The number of carbonyl (C=O) groups is 1. The molecule has 0 aliphatic carbocycles. The number of thiophene rings is 1. The van der Waals surface area contributed by atoms with Crippen molar-refractivity contribution in [2.75, 3.05) is 6.54 Å². The van der Waals surface area contributed by atoms with Crippen LogP contribution in [0.25, 0.3) is 0 Å². The van der Waals surface area contributed by atoms with Gasteiger partial charge in [-0.3, -0.25) is 4.79 Å². The number of amides is 1. The first kappa shape index (κ1) is 12.8. The topological polar surface area (TPSA) is 29.1 Å². The van der Waals surface area contributed by atoms with Gasteiger partial charge in [-0.15, -0.1) is 0 Å². The van der Waals surface area contributed by atoms with Crippen molar-refractivity contribution in [3.05, 3.63) is 57.8 Å². The molecule has 3 heteroatoms. The van der Waals surface area contributed by atoms with Crippen LogP contribution >= 0.6 is 11.3 Å². The summed E-state index contributed by atoms with van der Waals surface area (Å²) in [6.45, 7) is 2.75. The summed E-state index contributed by atoms with van der Waals surface area (Å²) in [6.07, 6.45) is 1.37. The van der Waals surface area contributed by atoms with E-state index in [-0.39, 0.29) is 5.91 Å². The van der Waals surface area contributed by atoms with Crippen LogP contribution in [0, 0.1) is 6.92 Å². The highest BCUT2D eigenvalue weighted by molar-refractivity contribution is 7.07. The monoisotopic (exact) mass is 259 g/mol. The Hall–Kier alpha value is -1.61. The number of hydrogen-bond acceptors (Lipinski definition) is 2. The molecule has 1 aromatic carbocycles. The minimum absolute atomic E-state index is 0.0934. The predicted octanol–water partition coefficient (Wildman–Crippen LogP) is 2.96. The lowest BCUT2D eigenvalue weighted by atomic mass is 10.1. The Bertz CT molecular complexity index is 505. The predicted molar refractivity (Wildman–Crippen MR) is 75.9 cm³/mol. The van der Waals surface area contributed by atoms with Crippen LogP contribution in [0.5, 0.6) is 0 Å². The van der Waals surface area contributed by atoms with Crippen molar-refractivity contribution in [2.45, 2.75) is 19.8 Å². The second-order valence-electron chi connectivity index (χ2n) is 4.40. The fraction of sp³-hybridized carbons (Fsp3) is 0.267. The number of benzene rings is 1. The summed E-state index contributed by atoms with van der Waals surface area (Å²) in [5, 5.41) is 7.13. The van der Waals surface area contributed by atoms with E-state index < -0.39 is 0 Å². The maximum Gasteiger partial charge on any atom is 0.224 e. The molecule has 0 saturated heterocycles. The van der Waals surface area contributed by atoms with Crippen LogP contribution in [0.3, 0.4) is 0 Å². The molecule has 0 radical (unpaired) electrons. The minimum Gasteiger partial charge on any atom is -0.355 e. The molecule has 1 amide bonds. The molecule has 94 valence electrons. The highest BCUT2D eigenvalue weighted by Gasteiger charge is 2.03. The summed E-state index contributed by atoms with van der Waals surface area (Å²) in [4.78, 5) is 11.7. The first-order chi connectivity index (χ1) is 8.74. The van der Waals surface area contributed by atoms with Crippen molar-refractivity contribution in [2.24, 2.45) is 0 Å². The summed E-state index contributed by atoms with van der Waals surface area (Å²) in [5.74, 6) is 0.0934. The molecule has 0 aliphatic heterocycles. The molecule has 2 rings (SSSR count). The Balaban J connectivity index is 1.75. The lowest BCUT2D eigenvalue weighted by molar-refractivity contribution is -0.120. The molecule has 18 heavy (non-hydrogen) atoms. The molecule has 0 unspecified atom stereocenters. The van der Waals surface area contributed by atoms with Gasteiger partial charge in [0.1, 0.15) is 0 Å².